The van der Waals surface area contributed by atoms with Crippen molar-refractivity contribution < 1.29 is 14.3 Å². The molecule has 5 nitrogen and oxygen atoms in total. The number of benzene rings is 1. The molecule has 0 unspecified atom stereocenters. The van der Waals surface area contributed by atoms with Crippen molar-refractivity contribution in [1.82, 2.24) is 0 Å². The average Bonchev–Trinajstić information content (AvgIpc) is 2.32. The Bertz CT molecular complexity index is 504. The summed E-state index contributed by atoms with van der Waals surface area (Å²) in [6.45, 7) is 10.1. The first-order valence-electron chi connectivity index (χ1n) is 7.18. The van der Waals surface area contributed by atoms with Crippen LogP contribution in [0.5, 0.6) is 0 Å². The lowest BCUT2D eigenvalue weighted by Crippen LogP contribution is -2.45. The van der Waals surface area contributed by atoms with Crippen molar-refractivity contribution in [2.75, 3.05) is 30.4 Å². The van der Waals surface area contributed by atoms with Crippen molar-refractivity contribution in [1.29, 1.82) is 0 Å². The number of ether oxygens (including phenoxy) is 2. The fourth-order valence-corrected chi connectivity index (χ4v) is 2.00. The average molecular weight is 292 g/mol. The van der Waals surface area contributed by atoms with Crippen LogP contribution in [0.2, 0.25) is 0 Å². The van der Waals surface area contributed by atoms with E-state index in [1.54, 1.807) is 0 Å². The van der Waals surface area contributed by atoms with Gasteiger partial charge < -0.3 is 14.8 Å². The van der Waals surface area contributed by atoms with Gasteiger partial charge in [-0.3, -0.25) is 5.32 Å². The van der Waals surface area contributed by atoms with Crippen LogP contribution < -0.4 is 10.6 Å². The van der Waals surface area contributed by atoms with Crippen molar-refractivity contribution in [3.63, 3.8) is 0 Å². The van der Waals surface area contributed by atoms with E-state index in [-0.39, 0.29) is 5.41 Å². The molecule has 1 fully saturated rings. The third-order valence-corrected chi connectivity index (χ3v) is 3.13. The number of hydrogen-bond donors (Lipinski definition) is 2. The summed E-state index contributed by atoms with van der Waals surface area (Å²) in [7, 11) is 0. The Morgan fingerprint density at radius 3 is 2.57 bits per heavy atom. The molecule has 1 aromatic carbocycles. The van der Waals surface area contributed by atoms with Crippen LogP contribution in [0.15, 0.2) is 24.3 Å². The molecule has 1 aliphatic heterocycles. The fourth-order valence-electron chi connectivity index (χ4n) is 2.00. The second kappa shape index (κ2) is 5.93. The van der Waals surface area contributed by atoms with Crippen LogP contribution in [0.25, 0.3) is 0 Å². The molecular formula is C16H24N2O3. The predicted molar refractivity (Wildman–Crippen MR) is 83.7 cm³/mol. The summed E-state index contributed by atoms with van der Waals surface area (Å²) in [6, 6.07) is 7.61. The Kier molecular flexibility index (Phi) is 4.42. The fraction of sp³-hybridized carbons (Fsp3) is 0.562. The molecule has 0 aromatic heterocycles. The number of amides is 1. The van der Waals surface area contributed by atoms with E-state index in [4.69, 9.17) is 9.47 Å². The minimum absolute atomic E-state index is 0.203. The summed E-state index contributed by atoms with van der Waals surface area (Å²) < 4.78 is 10.5. The van der Waals surface area contributed by atoms with E-state index in [0.717, 1.165) is 25.4 Å². The molecule has 21 heavy (non-hydrogen) atoms. The molecule has 116 valence electrons. The van der Waals surface area contributed by atoms with Crippen LogP contribution in [0.3, 0.4) is 0 Å². The van der Waals surface area contributed by atoms with Gasteiger partial charge in [0.05, 0.1) is 13.2 Å². The lowest BCUT2D eigenvalue weighted by molar-refractivity contribution is -0.0924. The molecule has 1 saturated heterocycles. The summed E-state index contributed by atoms with van der Waals surface area (Å²) in [5.41, 5.74) is 1.38. The normalized spacial score (nSPS) is 16.8. The van der Waals surface area contributed by atoms with Gasteiger partial charge >= 0.3 is 6.09 Å². The molecule has 5 heteroatoms. The van der Waals surface area contributed by atoms with Crippen LogP contribution >= 0.6 is 0 Å². The van der Waals surface area contributed by atoms with Crippen molar-refractivity contribution in [2.45, 2.75) is 33.3 Å². The molecule has 0 saturated carbocycles. The SMILES string of the molecule is CC1(CNc2cccc(NC(=O)OC(C)(C)C)c2)COC1. The van der Waals surface area contributed by atoms with Crippen LogP contribution in [-0.4, -0.2) is 31.5 Å². The highest BCUT2D eigenvalue weighted by atomic mass is 16.6. The summed E-state index contributed by atoms with van der Waals surface area (Å²) in [4.78, 5) is 11.7. The van der Waals surface area contributed by atoms with Gasteiger partial charge in [-0.1, -0.05) is 13.0 Å². The van der Waals surface area contributed by atoms with Crippen LogP contribution in [-0.2, 0) is 9.47 Å². The van der Waals surface area contributed by atoms with Crippen molar-refractivity contribution in [3.8, 4) is 0 Å². The Morgan fingerprint density at radius 2 is 2.00 bits per heavy atom. The zero-order valence-corrected chi connectivity index (χ0v) is 13.2. The summed E-state index contributed by atoms with van der Waals surface area (Å²) >= 11 is 0. The zero-order valence-electron chi connectivity index (χ0n) is 13.2. The number of rotatable bonds is 4. The Balaban J connectivity index is 1.89. The number of hydrogen-bond acceptors (Lipinski definition) is 4. The third kappa shape index (κ3) is 4.93. The number of carbonyl (C=O) groups is 1. The topological polar surface area (TPSA) is 59.6 Å². The lowest BCUT2D eigenvalue weighted by atomic mass is 9.89. The van der Waals surface area contributed by atoms with E-state index >= 15 is 0 Å². The second-order valence-corrected chi connectivity index (χ2v) is 6.86. The quantitative estimate of drug-likeness (QED) is 0.892. The molecule has 1 aliphatic rings. The van der Waals surface area contributed by atoms with Crippen LogP contribution in [0, 0.1) is 5.41 Å². The minimum Gasteiger partial charge on any atom is -0.444 e. The van der Waals surface area contributed by atoms with Crippen molar-refractivity contribution >= 4 is 17.5 Å². The van der Waals surface area contributed by atoms with Gasteiger partial charge in [0, 0.05) is 23.3 Å². The summed E-state index contributed by atoms with van der Waals surface area (Å²) in [6.07, 6.45) is -0.445. The number of nitrogens with one attached hydrogen (secondary N) is 2. The predicted octanol–water partition coefficient (Wildman–Crippen LogP) is 3.48. The maximum atomic E-state index is 11.7. The van der Waals surface area contributed by atoms with E-state index in [0.29, 0.717) is 5.69 Å². The first kappa shape index (κ1) is 15.6. The molecule has 2 rings (SSSR count). The molecule has 0 spiro atoms. The molecular weight excluding hydrogens is 268 g/mol. The first-order valence-corrected chi connectivity index (χ1v) is 7.18. The third-order valence-electron chi connectivity index (χ3n) is 3.13. The minimum atomic E-state index is -0.501. The summed E-state index contributed by atoms with van der Waals surface area (Å²) in [5, 5.41) is 6.11. The summed E-state index contributed by atoms with van der Waals surface area (Å²) in [5.74, 6) is 0. The van der Waals surface area contributed by atoms with Crippen molar-refractivity contribution in [3.05, 3.63) is 24.3 Å². The van der Waals surface area contributed by atoms with Gasteiger partial charge in [0.2, 0.25) is 0 Å². The largest absolute Gasteiger partial charge is 0.444 e. The van der Waals surface area contributed by atoms with Crippen LogP contribution in [0.1, 0.15) is 27.7 Å². The van der Waals surface area contributed by atoms with E-state index in [2.05, 4.69) is 17.6 Å². The van der Waals surface area contributed by atoms with E-state index in [1.807, 2.05) is 45.0 Å². The maximum Gasteiger partial charge on any atom is 0.412 e. The highest BCUT2D eigenvalue weighted by Crippen LogP contribution is 2.27. The first-order chi connectivity index (χ1) is 9.76. The second-order valence-electron chi connectivity index (χ2n) is 6.86. The molecule has 0 radical (unpaired) electrons. The Labute approximate surface area is 126 Å². The van der Waals surface area contributed by atoms with Gasteiger partial charge in [-0.25, -0.2) is 4.79 Å². The molecule has 0 atom stereocenters. The molecule has 2 N–H and O–H groups in total. The Morgan fingerprint density at radius 1 is 1.33 bits per heavy atom. The smallest absolute Gasteiger partial charge is 0.412 e. The van der Waals surface area contributed by atoms with Gasteiger partial charge in [-0.15, -0.1) is 0 Å². The molecule has 0 aliphatic carbocycles. The molecule has 1 heterocycles. The number of anilines is 2. The maximum absolute atomic E-state index is 11.7. The van der Waals surface area contributed by atoms with Crippen LogP contribution in [0.4, 0.5) is 16.2 Å². The van der Waals surface area contributed by atoms with Gasteiger partial charge in [-0.2, -0.15) is 0 Å². The monoisotopic (exact) mass is 292 g/mol. The van der Waals surface area contributed by atoms with Crippen molar-refractivity contribution in [2.24, 2.45) is 5.41 Å². The van der Waals surface area contributed by atoms with Gasteiger partial charge in [0.1, 0.15) is 5.60 Å². The lowest BCUT2D eigenvalue weighted by Gasteiger charge is -2.38. The van der Waals surface area contributed by atoms with E-state index in [9.17, 15) is 4.79 Å². The van der Waals surface area contributed by atoms with Gasteiger partial charge in [0.15, 0.2) is 0 Å². The highest BCUT2D eigenvalue weighted by molar-refractivity contribution is 5.85. The van der Waals surface area contributed by atoms with Gasteiger partial charge in [0.25, 0.3) is 0 Å². The molecule has 1 amide bonds. The molecule has 1 aromatic rings. The van der Waals surface area contributed by atoms with E-state index < -0.39 is 11.7 Å². The van der Waals surface area contributed by atoms with Gasteiger partial charge in [-0.05, 0) is 39.0 Å². The standard InChI is InChI=1S/C16H24N2O3/c1-15(2,3)21-14(19)18-13-7-5-6-12(8-13)17-9-16(4)10-20-11-16/h5-8,17H,9-11H2,1-4H3,(H,18,19). The zero-order chi connectivity index (χ0) is 15.5. The highest BCUT2D eigenvalue weighted by Gasteiger charge is 2.32. The van der Waals surface area contributed by atoms with E-state index in [1.165, 1.54) is 0 Å². The number of carbonyl (C=O) groups excluding carboxylic acids is 1. The Hall–Kier alpha value is -1.75. The molecule has 0 bridgehead atoms.